The Morgan fingerprint density at radius 3 is 2.65 bits per heavy atom. The highest BCUT2D eigenvalue weighted by Crippen LogP contribution is 2.37. The number of aromatic nitrogens is 3. The molecule has 0 spiro atoms. The molecule has 3 aromatic carbocycles. The van der Waals surface area contributed by atoms with Gasteiger partial charge in [0.05, 0.1) is 5.57 Å². The number of hydrogen-bond acceptors (Lipinski definition) is 6. The van der Waals surface area contributed by atoms with Crippen molar-refractivity contribution in [3.05, 3.63) is 107 Å². The topological polar surface area (TPSA) is 81.1 Å². The summed E-state index contributed by atoms with van der Waals surface area (Å²) in [7, 11) is 0. The monoisotopic (exact) mass is 511 g/mol. The zero-order valence-corrected chi connectivity index (χ0v) is 21.9. The summed E-state index contributed by atoms with van der Waals surface area (Å²) in [6.07, 6.45) is 0. The lowest BCUT2D eigenvalue weighted by Gasteiger charge is -2.29. The predicted molar refractivity (Wildman–Crippen MR) is 148 cm³/mol. The van der Waals surface area contributed by atoms with Gasteiger partial charge in [-0.15, -0.1) is 5.10 Å². The van der Waals surface area contributed by atoms with E-state index in [4.69, 9.17) is 9.84 Å². The van der Waals surface area contributed by atoms with Crippen LogP contribution in [0.2, 0.25) is 0 Å². The molecule has 4 aromatic rings. The zero-order chi connectivity index (χ0) is 25.8. The van der Waals surface area contributed by atoms with Crippen LogP contribution >= 0.6 is 11.8 Å². The quantitative estimate of drug-likeness (QED) is 0.274. The maximum atomic E-state index is 13.7. The van der Waals surface area contributed by atoms with Crippen molar-refractivity contribution < 1.29 is 9.53 Å². The Balaban J connectivity index is 1.51. The third kappa shape index (κ3) is 5.54. The van der Waals surface area contributed by atoms with Crippen LogP contribution in [0, 0.1) is 6.92 Å². The second-order valence-electron chi connectivity index (χ2n) is 8.83. The minimum absolute atomic E-state index is 0.193. The fraction of sp³-hybridized carbons (Fsp3) is 0.207. The number of allylic oxidation sites excluding steroid dienone is 1. The number of fused-ring (bicyclic) bond motifs is 1. The van der Waals surface area contributed by atoms with Crippen molar-refractivity contribution in [1.82, 2.24) is 14.8 Å². The van der Waals surface area contributed by atoms with Crippen molar-refractivity contribution in [2.24, 2.45) is 0 Å². The van der Waals surface area contributed by atoms with Crippen molar-refractivity contribution >= 4 is 29.3 Å². The van der Waals surface area contributed by atoms with Crippen LogP contribution in [0.15, 0.2) is 95.3 Å². The van der Waals surface area contributed by atoms with Crippen LogP contribution in [0.3, 0.4) is 0 Å². The molecule has 1 aromatic heterocycles. The van der Waals surface area contributed by atoms with Crippen LogP contribution in [0.25, 0.3) is 0 Å². The van der Waals surface area contributed by atoms with Gasteiger partial charge in [0.25, 0.3) is 5.91 Å². The first-order chi connectivity index (χ1) is 18.0. The van der Waals surface area contributed by atoms with Gasteiger partial charge < -0.3 is 15.4 Å². The van der Waals surface area contributed by atoms with Crippen molar-refractivity contribution in [1.29, 1.82) is 0 Å². The van der Waals surface area contributed by atoms with Crippen molar-refractivity contribution in [2.75, 3.05) is 16.4 Å². The van der Waals surface area contributed by atoms with E-state index in [0.29, 0.717) is 23.3 Å². The number of anilines is 2. The number of carbonyl (C=O) groups is 1. The van der Waals surface area contributed by atoms with E-state index in [1.807, 2.05) is 92.7 Å². The smallest absolute Gasteiger partial charge is 0.255 e. The van der Waals surface area contributed by atoms with E-state index in [-0.39, 0.29) is 5.91 Å². The molecule has 5 rings (SSSR count). The van der Waals surface area contributed by atoms with E-state index in [1.54, 1.807) is 16.4 Å². The van der Waals surface area contributed by atoms with E-state index in [0.717, 1.165) is 39.6 Å². The molecule has 0 radical (unpaired) electrons. The van der Waals surface area contributed by atoms with Gasteiger partial charge >= 0.3 is 0 Å². The Labute approximate surface area is 221 Å². The molecule has 2 N–H and O–H groups in total. The molecule has 1 atom stereocenters. The van der Waals surface area contributed by atoms with Gasteiger partial charge in [-0.1, -0.05) is 73.3 Å². The molecule has 1 aliphatic heterocycles. The highest BCUT2D eigenvalue weighted by molar-refractivity contribution is 7.99. The van der Waals surface area contributed by atoms with Crippen LogP contribution in [0.1, 0.15) is 36.6 Å². The van der Waals surface area contributed by atoms with Gasteiger partial charge in [-0.2, -0.15) is 4.98 Å². The van der Waals surface area contributed by atoms with Crippen LogP contribution in [0.4, 0.5) is 11.6 Å². The average Bonchev–Trinajstić information content (AvgIpc) is 3.29. The number of rotatable bonds is 8. The molecule has 0 bridgehead atoms. The molecule has 188 valence electrons. The summed E-state index contributed by atoms with van der Waals surface area (Å²) in [5.74, 6) is 1.99. The summed E-state index contributed by atoms with van der Waals surface area (Å²) >= 11 is 1.56. The molecule has 0 saturated heterocycles. The van der Waals surface area contributed by atoms with E-state index in [1.165, 1.54) is 0 Å². The summed E-state index contributed by atoms with van der Waals surface area (Å²) in [6, 6.07) is 25.2. The van der Waals surface area contributed by atoms with Crippen LogP contribution in [-0.4, -0.2) is 26.4 Å². The van der Waals surface area contributed by atoms with Crippen molar-refractivity contribution in [3.63, 3.8) is 0 Å². The molecule has 1 aliphatic rings. The molecule has 1 amide bonds. The SMILES string of the molecule is CCSc1nc2n(n1)C(c1cccc(OCc3ccccc3)c1)C(C(=O)Nc1cccc(C)c1)=C(C)N2. The van der Waals surface area contributed by atoms with Gasteiger partial charge in [-0.3, -0.25) is 4.79 Å². The fourth-order valence-electron chi connectivity index (χ4n) is 4.36. The Hall–Kier alpha value is -4.04. The molecule has 8 heteroatoms. The number of amides is 1. The molecule has 2 heterocycles. The number of nitrogens with one attached hydrogen (secondary N) is 2. The zero-order valence-electron chi connectivity index (χ0n) is 21.1. The van der Waals surface area contributed by atoms with Gasteiger partial charge in [0.15, 0.2) is 0 Å². The molecular weight excluding hydrogens is 482 g/mol. The highest BCUT2D eigenvalue weighted by Gasteiger charge is 2.34. The number of benzene rings is 3. The largest absolute Gasteiger partial charge is 0.489 e. The highest BCUT2D eigenvalue weighted by atomic mass is 32.2. The molecule has 7 nitrogen and oxygen atoms in total. The maximum Gasteiger partial charge on any atom is 0.255 e. The standard InChI is InChI=1S/C29H29N5O2S/c1-4-37-29-32-28-30-20(3)25(27(35)31-23-14-8-10-19(2)16-23)26(34(28)33-29)22-13-9-15-24(17-22)36-18-21-11-6-5-7-12-21/h5-17,26H,4,18H2,1-3H3,(H,31,35)(H,30,32,33). The molecule has 0 saturated carbocycles. The average molecular weight is 512 g/mol. The Morgan fingerprint density at radius 2 is 1.86 bits per heavy atom. The van der Waals surface area contributed by atoms with Gasteiger partial charge in [0.2, 0.25) is 11.1 Å². The lowest BCUT2D eigenvalue weighted by Crippen LogP contribution is -2.31. The number of ether oxygens (including phenoxy) is 1. The minimum atomic E-state index is -0.472. The molecule has 0 fully saturated rings. The summed E-state index contributed by atoms with van der Waals surface area (Å²) in [5, 5.41) is 11.8. The van der Waals surface area contributed by atoms with Gasteiger partial charge in [-0.25, -0.2) is 4.68 Å². The summed E-state index contributed by atoms with van der Waals surface area (Å²) in [6.45, 7) is 6.42. The van der Waals surface area contributed by atoms with E-state index >= 15 is 0 Å². The lowest BCUT2D eigenvalue weighted by molar-refractivity contribution is -0.113. The number of nitrogens with zero attached hydrogens (tertiary/aromatic N) is 3. The number of thioether (sulfide) groups is 1. The Kier molecular flexibility index (Phi) is 7.28. The first-order valence-electron chi connectivity index (χ1n) is 12.2. The maximum absolute atomic E-state index is 13.7. The predicted octanol–water partition coefficient (Wildman–Crippen LogP) is 6.21. The Morgan fingerprint density at radius 1 is 1.05 bits per heavy atom. The summed E-state index contributed by atoms with van der Waals surface area (Å²) < 4.78 is 7.90. The summed E-state index contributed by atoms with van der Waals surface area (Å²) in [5.41, 5.74) is 5.11. The van der Waals surface area contributed by atoms with Crippen LogP contribution in [-0.2, 0) is 11.4 Å². The van der Waals surface area contributed by atoms with Gasteiger partial charge in [0, 0.05) is 11.4 Å². The van der Waals surface area contributed by atoms with E-state index in [2.05, 4.69) is 22.5 Å². The molecule has 0 aliphatic carbocycles. The molecule has 37 heavy (non-hydrogen) atoms. The number of hydrogen-bond donors (Lipinski definition) is 2. The fourth-order valence-corrected chi connectivity index (χ4v) is 4.92. The molecular formula is C29H29N5O2S. The van der Waals surface area contributed by atoms with Crippen LogP contribution < -0.4 is 15.4 Å². The normalized spacial score (nSPS) is 14.6. The van der Waals surface area contributed by atoms with Crippen molar-refractivity contribution in [2.45, 2.75) is 38.6 Å². The second kappa shape index (κ2) is 10.9. The van der Waals surface area contributed by atoms with E-state index < -0.39 is 6.04 Å². The van der Waals surface area contributed by atoms with Crippen molar-refractivity contribution in [3.8, 4) is 5.75 Å². The first-order valence-corrected chi connectivity index (χ1v) is 13.2. The summed E-state index contributed by atoms with van der Waals surface area (Å²) in [4.78, 5) is 18.4. The Bertz CT molecular complexity index is 1450. The third-order valence-electron chi connectivity index (χ3n) is 6.05. The molecule has 1 unspecified atom stereocenters. The minimum Gasteiger partial charge on any atom is -0.489 e. The van der Waals surface area contributed by atoms with Gasteiger partial charge in [0.1, 0.15) is 18.4 Å². The second-order valence-corrected chi connectivity index (χ2v) is 10.1. The number of aryl methyl sites for hydroxylation is 1. The number of carbonyl (C=O) groups excluding carboxylic acids is 1. The van der Waals surface area contributed by atoms with Gasteiger partial charge in [-0.05, 0) is 60.6 Å². The lowest BCUT2D eigenvalue weighted by atomic mass is 9.94. The first kappa shape index (κ1) is 24.6. The third-order valence-corrected chi connectivity index (χ3v) is 6.77. The van der Waals surface area contributed by atoms with Crippen LogP contribution in [0.5, 0.6) is 5.75 Å². The van der Waals surface area contributed by atoms with E-state index in [9.17, 15) is 4.79 Å².